The number of rotatable bonds is 3. The number of para-hydroxylation sites is 1. The Hall–Kier alpha value is -4.12. The van der Waals surface area contributed by atoms with Crippen molar-refractivity contribution in [3.63, 3.8) is 0 Å². The fraction of sp³-hybridized carbons (Fsp3) is 0.275. The van der Waals surface area contributed by atoms with E-state index in [1.807, 2.05) is 43.5 Å². The number of benzene rings is 3. The van der Waals surface area contributed by atoms with Crippen molar-refractivity contribution in [3.05, 3.63) is 114 Å². The van der Waals surface area contributed by atoms with Crippen molar-refractivity contribution in [1.29, 1.82) is 0 Å². The van der Waals surface area contributed by atoms with E-state index >= 15 is 0 Å². The Morgan fingerprint density at radius 1 is 0.913 bits per heavy atom. The van der Waals surface area contributed by atoms with Crippen molar-refractivity contribution in [3.8, 4) is 22.6 Å². The molecule has 7 aromatic rings. The van der Waals surface area contributed by atoms with Gasteiger partial charge in [0, 0.05) is 42.9 Å². The molecule has 0 atom stereocenters. The molecule has 1 aliphatic rings. The third-order valence-corrected chi connectivity index (χ3v) is 8.57. The van der Waals surface area contributed by atoms with Crippen LogP contribution >= 0.6 is 0 Å². The number of aryl methyl sites for hydroxylation is 2. The van der Waals surface area contributed by atoms with Crippen LogP contribution in [-0.2, 0) is 38.5 Å². The molecule has 4 aromatic heterocycles. The van der Waals surface area contributed by atoms with Crippen LogP contribution in [0.15, 0.2) is 89.5 Å². The van der Waals surface area contributed by atoms with E-state index in [-0.39, 0.29) is 31.1 Å². The Bertz CT molecular complexity index is 2170. The minimum absolute atomic E-state index is 0. The molecule has 0 bridgehead atoms. The first-order valence-electron chi connectivity index (χ1n) is 15.7. The van der Waals surface area contributed by atoms with Gasteiger partial charge in [-0.15, -0.1) is 54.1 Å². The number of pyridine rings is 2. The second-order valence-corrected chi connectivity index (χ2v) is 13.9. The van der Waals surface area contributed by atoms with Crippen molar-refractivity contribution < 1.29 is 24.5 Å². The minimum atomic E-state index is 0. The molecule has 0 fully saturated rings. The van der Waals surface area contributed by atoms with E-state index in [1.54, 1.807) is 0 Å². The van der Waals surface area contributed by atoms with E-state index in [0.29, 0.717) is 5.71 Å². The van der Waals surface area contributed by atoms with Gasteiger partial charge in [0.05, 0.1) is 22.4 Å². The Morgan fingerprint density at radius 2 is 1.76 bits per heavy atom. The van der Waals surface area contributed by atoms with Crippen LogP contribution in [0.5, 0.6) is 0 Å². The van der Waals surface area contributed by atoms with Crippen LogP contribution in [0.3, 0.4) is 0 Å². The Morgan fingerprint density at radius 3 is 2.54 bits per heavy atom. The van der Waals surface area contributed by atoms with Crippen molar-refractivity contribution in [2.45, 2.75) is 66.3 Å². The van der Waals surface area contributed by atoms with Crippen LogP contribution < -0.4 is 0 Å². The minimum Gasteiger partial charge on any atom is -0.486 e. The summed E-state index contributed by atoms with van der Waals surface area (Å²) in [4.78, 5) is 14.0. The van der Waals surface area contributed by atoms with Gasteiger partial charge in [0.2, 0.25) is 5.71 Å². The molecule has 0 N–H and O–H groups in total. The molecule has 0 unspecified atom stereocenters. The molecule has 0 spiro atoms. The molecule has 46 heavy (non-hydrogen) atoms. The van der Waals surface area contributed by atoms with Crippen LogP contribution in [-0.4, -0.2) is 19.5 Å². The van der Waals surface area contributed by atoms with Crippen LogP contribution in [0, 0.1) is 24.5 Å². The molecule has 0 saturated carbocycles. The van der Waals surface area contributed by atoms with Gasteiger partial charge < -0.3 is 14.0 Å². The summed E-state index contributed by atoms with van der Waals surface area (Å²) in [6, 6.07) is 33.5. The zero-order chi connectivity index (χ0) is 31.3. The molecule has 235 valence electrons. The standard InChI is InChI=1S/C22H21N2O.C18H17N2.Ir/c1-14-8-9-17-16-6-5-7-18(20(16)25-21(17)24-14)19-12-15(10-11-23-19)13-22(2,3)4;1-18(2)12-11-13-9-6-10-15-16(13)20(18)17(19-15)14-7-4-3-5-8-14;/h5-6,8-12H,13H2,1-4H3;3-7,9-10H,11-12H2,1-2H3;/q2*-1;. The molecular weight excluding hydrogens is 745 g/mol. The predicted molar refractivity (Wildman–Crippen MR) is 183 cm³/mol. The molecule has 0 aliphatic carbocycles. The molecular formula is C40H38IrN4O-2. The fourth-order valence-corrected chi connectivity index (χ4v) is 6.49. The number of hydrogen-bond donors (Lipinski definition) is 0. The SMILES string of the molecule is CC1(C)CCc2cccc3nc(-c4[c-]cccc4)n1c23.Cc1ccc2c(n1)oc1c(-c3cc(CC(C)(C)C)ccn3)[c-]ccc12.[Ir]. The van der Waals surface area contributed by atoms with Crippen LogP contribution in [0.25, 0.3) is 55.7 Å². The monoisotopic (exact) mass is 783 g/mol. The van der Waals surface area contributed by atoms with E-state index in [0.717, 1.165) is 69.5 Å². The van der Waals surface area contributed by atoms with Gasteiger partial charge in [0.25, 0.3) is 0 Å². The maximum atomic E-state index is 6.08. The predicted octanol–water partition coefficient (Wildman–Crippen LogP) is 9.92. The zero-order valence-electron chi connectivity index (χ0n) is 27.2. The molecule has 5 nitrogen and oxygen atoms in total. The number of nitrogens with zero attached hydrogens (tertiary/aromatic N) is 4. The fourth-order valence-electron chi connectivity index (χ4n) is 6.49. The number of hydrogen-bond acceptors (Lipinski definition) is 4. The normalized spacial score (nSPS) is 13.8. The first kappa shape index (κ1) is 31.8. The van der Waals surface area contributed by atoms with Crippen LogP contribution in [0.2, 0.25) is 0 Å². The molecule has 0 amide bonds. The van der Waals surface area contributed by atoms with Gasteiger partial charge in [-0.3, -0.25) is 4.98 Å². The molecule has 1 radical (unpaired) electrons. The van der Waals surface area contributed by atoms with Crippen molar-refractivity contribution in [2.75, 3.05) is 0 Å². The summed E-state index contributed by atoms with van der Waals surface area (Å²) in [6.07, 6.45) is 5.15. The number of fused-ring (bicyclic) bond motifs is 3. The zero-order valence-corrected chi connectivity index (χ0v) is 29.6. The summed E-state index contributed by atoms with van der Waals surface area (Å²) in [5.74, 6) is 1.04. The number of aromatic nitrogens is 4. The Labute approximate surface area is 284 Å². The largest absolute Gasteiger partial charge is 0.486 e. The first-order chi connectivity index (χ1) is 21.6. The number of furan rings is 1. The smallest absolute Gasteiger partial charge is 0.216 e. The third kappa shape index (κ3) is 6.04. The summed E-state index contributed by atoms with van der Waals surface area (Å²) in [5, 5.41) is 2.08. The van der Waals surface area contributed by atoms with Gasteiger partial charge in [0.1, 0.15) is 0 Å². The van der Waals surface area contributed by atoms with E-state index in [9.17, 15) is 0 Å². The van der Waals surface area contributed by atoms with Gasteiger partial charge in [0.15, 0.2) is 0 Å². The van der Waals surface area contributed by atoms with Gasteiger partial charge in [-0.25, -0.2) is 4.98 Å². The van der Waals surface area contributed by atoms with Crippen molar-refractivity contribution >= 4 is 33.1 Å². The summed E-state index contributed by atoms with van der Waals surface area (Å²) in [6.45, 7) is 13.3. The van der Waals surface area contributed by atoms with Gasteiger partial charge in [-0.2, -0.15) is 0 Å². The molecule has 1 aliphatic heterocycles. The molecule has 8 rings (SSSR count). The van der Waals surface area contributed by atoms with Gasteiger partial charge in [-0.1, -0.05) is 55.5 Å². The second-order valence-electron chi connectivity index (χ2n) is 13.9. The van der Waals surface area contributed by atoms with Gasteiger partial charge >= 0.3 is 0 Å². The van der Waals surface area contributed by atoms with Crippen LogP contribution in [0.1, 0.15) is 57.9 Å². The third-order valence-electron chi connectivity index (χ3n) is 8.57. The Kier molecular flexibility index (Phi) is 8.47. The Balaban J connectivity index is 0.000000162. The van der Waals surface area contributed by atoms with E-state index in [2.05, 4.69) is 110 Å². The summed E-state index contributed by atoms with van der Waals surface area (Å²) in [7, 11) is 0. The van der Waals surface area contributed by atoms with Gasteiger partial charge in [-0.05, 0) is 81.0 Å². The maximum absolute atomic E-state index is 6.08. The second kappa shape index (κ2) is 12.2. The summed E-state index contributed by atoms with van der Waals surface area (Å²) < 4.78 is 8.49. The van der Waals surface area contributed by atoms with Crippen molar-refractivity contribution in [1.82, 2.24) is 19.5 Å². The first-order valence-corrected chi connectivity index (χ1v) is 15.7. The molecule has 0 saturated heterocycles. The molecule has 5 heterocycles. The summed E-state index contributed by atoms with van der Waals surface area (Å²) >= 11 is 0. The average molecular weight is 783 g/mol. The van der Waals surface area contributed by atoms with E-state index < -0.39 is 0 Å². The van der Waals surface area contributed by atoms with E-state index in [1.165, 1.54) is 16.6 Å². The number of imidazole rings is 1. The summed E-state index contributed by atoms with van der Waals surface area (Å²) in [5.41, 5.74) is 10.7. The molecule has 3 aromatic carbocycles. The quantitative estimate of drug-likeness (QED) is 0.168. The topological polar surface area (TPSA) is 56.7 Å². The molecule has 6 heteroatoms. The van der Waals surface area contributed by atoms with Crippen LogP contribution in [0.4, 0.5) is 0 Å². The average Bonchev–Trinajstić information content (AvgIpc) is 3.59. The van der Waals surface area contributed by atoms with Crippen molar-refractivity contribution in [2.24, 2.45) is 5.41 Å². The van der Waals surface area contributed by atoms with E-state index in [4.69, 9.17) is 9.40 Å². The maximum Gasteiger partial charge on any atom is 0.216 e.